The molecule has 0 heterocycles. The van der Waals surface area contributed by atoms with E-state index in [0.717, 1.165) is 16.4 Å². The van der Waals surface area contributed by atoms with Crippen molar-refractivity contribution in [2.24, 2.45) is 0 Å². The molecule has 0 radical (unpaired) electrons. The van der Waals surface area contributed by atoms with Gasteiger partial charge in [-0.05, 0) is 61.5 Å². The number of carbonyl (C=O) groups is 1. The zero-order chi connectivity index (χ0) is 27.2. The quantitative estimate of drug-likeness (QED) is 0.399. The van der Waals surface area contributed by atoms with Gasteiger partial charge in [0.2, 0.25) is 5.91 Å². The van der Waals surface area contributed by atoms with E-state index in [1.165, 1.54) is 58.8 Å². The lowest BCUT2D eigenvalue weighted by atomic mass is 10.1. The number of carbonyl (C=O) groups excluding carboxylic acids is 1. The molecule has 0 fully saturated rings. The monoisotopic (exact) mass is 532 g/mol. The molecular formula is C26H29FN2O7S. The molecule has 3 aromatic carbocycles. The SMILES string of the molecule is COc1ccc(OC)c([C@H](C)NC(=O)CN(c2ccc(F)cc2)S(=O)(=O)c2ccc(OC)c(OC)c2)c1. The van der Waals surface area contributed by atoms with Crippen molar-refractivity contribution in [2.45, 2.75) is 17.9 Å². The van der Waals surface area contributed by atoms with Gasteiger partial charge < -0.3 is 24.3 Å². The Kier molecular flexibility index (Phi) is 8.82. The summed E-state index contributed by atoms with van der Waals surface area (Å²) in [5.41, 5.74) is 0.754. The maximum atomic E-state index is 13.7. The molecule has 1 N–H and O–H groups in total. The Morgan fingerprint density at radius 2 is 1.49 bits per heavy atom. The first kappa shape index (κ1) is 27.6. The lowest BCUT2D eigenvalue weighted by Gasteiger charge is -2.26. The maximum Gasteiger partial charge on any atom is 0.264 e. The molecule has 0 aliphatic rings. The first-order chi connectivity index (χ1) is 17.6. The highest BCUT2D eigenvalue weighted by Crippen LogP contribution is 2.33. The van der Waals surface area contributed by atoms with Gasteiger partial charge in [-0.2, -0.15) is 0 Å². The second-order valence-corrected chi connectivity index (χ2v) is 9.76. The molecule has 37 heavy (non-hydrogen) atoms. The van der Waals surface area contributed by atoms with Crippen LogP contribution < -0.4 is 28.6 Å². The van der Waals surface area contributed by atoms with Gasteiger partial charge in [0.15, 0.2) is 11.5 Å². The molecule has 0 aliphatic heterocycles. The van der Waals surface area contributed by atoms with Crippen molar-refractivity contribution < 1.29 is 36.6 Å². The summed E-state index contributed by atoms with van der Waals surface area (Å²) < 4.78 is 63.0. The number of benzene rings is 3. The summed E-state index contributed by atoms with van der Waals surface area (Å²) in [6.45, 7) is 1.17. The molecule has 198 valence electrons. The lowest BCUT2D eigenvalue weighted by molar-refractivity contribution is -0.120. The number of rotatable bonds is 11. The number of sulfonamides is 1. The molecule has 11 heteroatoms. The van der Waals surface area contributed by atoms with E-state index >= 15 is 0 Å². The van der Waals surface area contributed by atoms with E-state index in [1.54, 1.807) is 25.1 Å². The predicted molar refractivity (Wildman–Crippen MR) is 137 cm³/mol. The summed E-state index contributed by atoms with van der Waals surface area (Å²) in [6.07, 6.45) is 0. The Bertz CT molecular complexity index is 1350. The van der Waals surface area contributed by atoms with E-state index in [-0.39, 0.29) is 16.3 Å². The van der Waals surface area contributed by atoms with Crippen molar-refractivity contribution in [3.63, 3.8) is 0 Å². The number of anilines is 1. The van der Waals surface area contributed by atoms with Crippen LogP contribution in [0, 0.1) is 5.82 Å². The van der Waals surface area contributed by atoms with Crippen molar-refractivity contribution in [3.8, 4) is 23.0 Å². The molecule has 3 rings (SSSR count). The Morgan fingerprint density at radius 1 is 0.865 bits per heavy atom. The predicted octanol–water partition coefficient (Wildman–Crippen LogP) is 3.93. The van der Waals surface area contributed by atoms with Crippen LogP contribution in [0.3, 0.4) is 0 Å². The molecule has 9 nitrogen and oxygen atoms in total. The Balaban J connectivity index is 1.95. The van der Waals surface area contributed by atoms with Gasteiger partial charge in [-0.3, -0.25) is 9.10 Å². The maximum absolute atomic E-state index is 13.7. The number of ether oxygens (including phenoxy) is 4. The van der Waals surface area contributed by atoms with Crippen molar-refractivity contribution in [1.29, 1.82) is 0 Å². The van der Waals surface area contributed by atoms with E-state index in [1.807, 2.05) is 0 Å². The van der Waals surface area contributed by atoms with Crippen LogP contribution in [0.2, 0.25) is 0 Å². The fraction of sp³-hybridized carbons (Fsp3) is 0.269. The molecule has 0 saturated carbocycles. The van der Waals surface area contributed by atoms with Gasteiger partial charge in [0.05, 0.1) is 45.1 Å². The van der Waals surface area contributed by atoms with Gasteiger partial charge in [-0.1, -0.05) is 0 Å². The third kappa shape index (κ3) is 6.23. The van der Waals surface area contributed by atoms with E-state index < -0.39 is 34.3 Å². The standard InChI is InChI=1S/C26H29FN2O7S/c1-17(22-14-20(33-2)10-12-23(22)34-3)28-26(30)16-29(19-8-6-18(27)7-9-19)37(31,32)21-11-13-24(35-4)25(15-21)36-5/h6-15,17H,16H2,1-5H3,(H,28,30)/t17-/m0/s1. The van der Waals surface area contributed by atoms with Crippen LogP contribution in [-0.4, -0.2) is 49.3 Å². The van der Waals surface area contributed by atoms with Crippen LogP contribution in [0.5, 0.6) is 23.0 Å². The molecule has 1 atom stereocenters. The molecule has 0 aliphatic carbocycles. The van der Waals surface area contributed by atoms with Crippen LogP contribution in [0.4, 0.5) is 10.1 Å². The summed E-state index contributed by atoms with van der Waals surface area (Å²) in [5, 5.41) is 2.80. The van der Waals surface area contributed by atoms with Gasteiger partial charge >= 0.3 is 0 Å². The highest BCUT2D eigenvalue weighted by atomic mass is 32.2. The normalized spacial score (nSPS) is 11.8. The fourth-order valence-electron chi connectivity index (χ4n) is 3.70. The van der Waals surface area contributed by atoms with E-state index in [2.05, 4.69) is 5.32 Å². The molecule has 0 unspecified atom stereocenters. The summed E-state index contributed by atoms with van der Waals surface area (Å²) in [4.78, 5) is 13.0. The number of hydrogen-bond donors (Lipinski definition) is 1. The largest absolute Gasteiger partial charge is 0.497 e. The first-order valence-corrected chi connectivity index (χ1v) is 12.6. The third-order valence-electron chi connectivity index (χ3n) is 5.63. The molecule has 1 amide bonds. The zero-order valence-electron chi connectivity index (χ0n) is 21.1. The topological polar surface area (TPSA) is 103 Å². The lowest BCUT2D eigenvalue weighted by Crippen LogP contribution is -2.41. The smallest absolute Gasteiger partial charge is 0.264 e. The van der Waals surface area contributed by atoms with Gasteiger partial charge in [0.25, 0.3) is 10.0 Å². The van der Waals surface area contributed by atoms with Crippen LogP contribution >= 0.6 is 0 Å². The van der Waals surface area contributed by atoms with Gasteiger partial charge in [-0.15, -0.1) is 0 Å². The minimum Gasteiger partial charge on any atom is -0.497 e. The average molecular weight is 533 g/mol. The highest BCUT2D eigenvalue weighted by molar-refractivity contribution is 7.92. The number of amides is 1. The number of halogens is 1. The van der Waals surface area contributed by atoms with Crippen molar-refractivity contribution in [3.05, 3.63) is 72.0 Å². The van der Waals surface area contributed by atoms with Crippen LogP contribution in [0.1, 0.15) is 18.5 Å². The van der Waals surface area contributed by atoms with E-state index in [4.69, 9.17) is 18.9 Å². The summed E-state index contributed by atoms with van der Waals surface area (Å²) >= 11 is 0. The molecule has 0 bridgehead atoms. The number of nitrogens with zero attached hydrogens (tertiary/aromatic N) is 1. The van der Waals surface area contributed by atoms with Crippen LogP contribution in [0.15, 0.2) is 65.6 Å². The fourth-order valence-corrected chi connectivity index (χ4v) is 5.14. The second-order valence-electron chi connectivity index (χ2n) is 7.90. The molecular weight excluding hydrogens is 503 g/mol. The van der Waals surface area contributed by atoms with Gasteiger partial charge in [0, 0.05) is 11.6 Å². The zero-order valence-corrected chi connectivity index (χ0v) is 22.0. The minimum atomic E-state index is -4.27. The van der Waals surface area contributed by atoms with Crippen molar-refractivity contribution in [2.75, 3.05) is 39.3 Å². The molecule has 0 saturated heterocycles. The number of nitrogens with one attached hydrogen (secondary N) is 1. The summed E-state index contributed by atoms with van der Waals surface area (Å²) in [6, 6.07) is 13.5. The average Bonchev–Trinajstić information content (AvgIpc) is 2.91. The first-order valence-electron chi connectivity index (χ1n) is 11.2. The molecule has 0 spiro atoms. The van der Waals surface area contributed by atoms with Crippen molar-refractivity contribution >= 4 is 21.6 Å². The van der Waals surface area contributed by atoms with E-state index in [0.29, 0.717) is 22.8 Å². The highest BCUT2D eigenvalue weighted by Gasteiger charge is 2.29. The van der Waals surface area contributed by atoms with Crippen molar-refractivity contribution in [1.82, 2.24) is 5.32 Å². The van der Waals surface area contributed by atoms with Crippen LogP contribution in [-0.2, 0) is 14.8 Å². The minimum absolute atomic E-state index is 0.109. The number of hydrogen-bond acceptors (Lipinski definition) is 7. The molecule has 3 aromatic rings. The molecule has 0 aromatic heterocycles. The van der Waals surface area contributed by atoms with Gasteiger partial charge in [0.1, 0.15) is 23.9 Å². The Hall–Kier alpha value is -3.99. The Morgan fingerprint density at radius 3 is 2.08 bits per heavy atom. The number of methoxy groups -OCH3 is 4. The third-order valence-corrected chi connectivity index (χ3v) is 7.40. The Labute approximate surface area is 215 Å². The van der Waals surface area contributed by atoms with Gasteiger partial charge in [-0.25, -0.2) is 12.8 Å². The second kappa shape index (κ2) is 11.8. The van der Waals surface area contributed by atoms with Crippen LogP contribution in [0.25, 0.3) is 0 Å². The van der Waals surface area contributed by atoms with E-state index in [9.17, 15) is 17.6 Å². The summed E-state index contributed by atoms with van der Waals surface area (Å²) in [5.74, 6) is 0.503. The summed E-state index contributed by atoms with van der Waals surface area (Å²) in [7, 11) is 1.57.